The summed E-state index contributed by atoms with van der Waals surface area (Å²) in [4.78, 5) is 29.5. The Morgan fingerprint density at radius 2 is 1.71 bits per heavy atom. The second kappa shape index (κ2) is 9.64. The van der Waals surface area contributed by atoms with Gasteiger partial charge >= 0.3 is 0 Å². The van der Waals surface area contributed by atoms with Crippen LogP contribution in [0.1, 0.15) is 43.5 Å². The molecule has 166 valence electrons. The average Bonchev–Trinajstić information content (AvgIpc) is 3.43. The third-order valence-corrected chi connectivity index (χ3v) is 6.60. The van der Waals surface area contributed by atoms with Crippen molar-refractivity contribution in [2.75, 3.05) is 38.0 Å². The number of aromatic nitrogens is 2. The summed E-state index contributed by atoms with van der Waals surface area (Å²) in [6, 6.07) is 9.93. The summed E-state index contributed by atoms with van der Waals surface area (Å²) in [6.45, 7) is 7.84. The van der Waals surface area contributed by atoms with Gasteiger partial charge in [0.05, 0.1) is 22.8 Å². The number of piperazine rings is 1. The molecule has 2 amide bonds. The highest BCUT2D eigenvalue weighted by atomic mass is 16.2. The topological polar surface area (TPSA) is 70.5 Å². The first kappa shape index (κ1) is 21.6. The quantitative estimate of drug-likeness (QED) is 0.775. The molecule has 1 aromatic heterocycles. The fourth-order valence-corrected chi connectivity index (χ4v) is 4.73. The summed E-state index contributed by atoms with van der Waals surface area (Å²) in [5.41, 5.74) is 3.51. The van der Waals surface area contributed by atoms with Gasteiger partial charge in [0.1, 0.15) is 0 Å². The number of anilines is 1. The molecule has 0 radical (unpaired) electrons. The van der Waals surface area contributed by atoms with Gasteiger partial charge in [-0.15, -0.1) is 0 Å². The zero-order chi connectivity index (χ0) is 21.8. The van der Waals surface area contributed by atoms with Gasteiger partial charge in [-0.2, -0.15) is 5.10 Å². The Bertz CT molecular complexity index is 910. The zero-order valence-corrected chi connectivity index (χ0v) is 18.6. The summed E-state index contributed by atoms with van der Waals surface area (Å²) < 4.78 is 1.87. The van der Waals surface area contributed by atoms with Crippen LogP contribution in [0.3, 0.4) is 0 Å². The van der Waals surface area contributed by atoms with E-state index in [-0.39, 0.29) is 11.8 Å². The number of rotatable bonds is 6. The van der Waals surface area contributed by atoms with Crippen LogP contribution in [0.2, 0.25) is 0 Å². The number of benzene rings is 1. The summed E-state index contributed by atoms with van der Waals surface area (Å²) in [5, 5.41) is 7.65. The number of nitrogens with zero attached hydrogens (tertiary/aromatic N) is 4. The molecule has 7 heteroatoms. The molecular weight excluding hydrogens is 390 g/mol. The van der Waals surface area contributed by atoms with Gasteiger partial charge in [0, 0.05) is 45.1 Å². The van der Waals surface area contributed by atoms with Gasteiger partial charge in [-0.25, -0.2) is 4.68 Å². The van der Waals surface area contributed by atoms with Crippen LogP contribution in [-0.4, -0.2) is 64.1 Å². The minimum absolute atomic E-state index is 0.00303. The number of aryl methyl sites for hydroxylation is 1. The molecule has 1 aliphatic heterocycles. The molecule has 2 aliphatic rings. The van der Waals surface area contributed by atoms with Gasteiger partial charge < -0.3 is 10.2 Å². The summed E-state index contributed by atoms with van der Waals surface area (Å²) in [7, 11) is 0. The summed E-state index contributed by atoms with van der Waals surface area (Å²) in [6.07, 6.45) is 4.92. The number of hydrogen-bond donors (Lipinski definition) is 1. The molecule has 7 nitrogen and oxygen atoms in total. The first-order valence-electron chi connectivity index (χ1n) is 11.5. The van der Waals surface area contributed by atoms with Crippen molar-refractivity contribution in [3.8, 4) is 5.69 Å². The Balaban J connectivity index is 1.26. The van der Waals surface area contributed by atoms with E-state index in [1.807, 2.05) is 53.8 Å². The van der Waals surface area contributed by atoms with Gasteiger partial charge in [0.2, 0.25) is 11.8 Å². The second-order valence-electron chi connectivity index (χ2n) is 8.74. The molecule has 0 unspecified atom stereocenters. The van der Waals surface area contributed by atoms with Crippen LogP contribution < -0.4 is 5.32 Å². The van der Waals surface area contributed by atoms with E-state index in [4.69, 9.17) is 0 Å². The highest BCUT2D eigenvalue weighted by Crippen LogP contribution is 2.27. The molecule has 1 saturated heterocycles. The Labute approximate surface area is 184 Å². The average molecular weight is 424 g/mol. The summed E-state index contributed by atoms with van der Waals surface area (Å²) >= 11 is 0. The maximum absolute atomic E-state index is 12.6. The monoisotopic (exact) mass is 423 g/mol. The molecular formula is C24H33N5O2. The number of amides is 2. The van der Waals surface area contributed by atoms with Crippen LogP contribution >= 0.6 is 0 Å². The van der Waals surface area contributed by atoms with E-state index in [1.54, 1.807) is 0 Å². The first-order valence-corrected chi connectivity index (χ1v) is 11.5. The van der Waals surface area contributed by atoms with Gasteiger partial charge in [0.15, 0.2) is 0 Å². The third-order valence-electron chi connectivity index (χ3n) is 6.60. The molecule has 0 spiro atoms. The second-order valence-corrected chi connectivity index (χ2v) is 8.74. The molecule has 1 aliphatic carbocycles. The molecule has 4 rings (SSSR count). The molecule has 2 aromatic rings. The molecule has 2 fully saturated rings. The predicted octanol–water partition coefficient (Wildman–Crippen LogP) is 3.15. The van der Waals surface area contributed by atoms with Crippen LogP contribution in [0.4, 0.5) is 5.69 Å². The molecule has 31 heavy (non-hydrogen) atoms. The van der Waals surface area contributed by atoms with Crippen LogP contribution in [-0.2, 0) is 9.59 Å². The Morgan fingerprint density at radius 1 is 1.03 bits per heavy atom. The molecule has 1 N–H and O–H groups in total. The lowest BCUT2D eigenvalue weighted by Gasteiger charge is -2.35. The lowest BCUT2D eigenvalue weighted by molar-refractivity contribution is -0.137. The van der Waals surface area contributed by atoms with Gasteiger partial charge in [-0.1, -0.05) is 31.0 Å². The largest absolute Gasteiger partial charge is 0.340 e. The van der Waals surface area contributed by atoms with Crippen LogP contribution in [0.25, 0.3) is 5.69 Å². The molecule has 1 aromatic carbocycles. The molecule has 0 bridgehead atoms. The smallest absolute Gasteiger partial charge is 0.225 e. The van der Waals surface area contributed by atoms with E-state index >= 15 is 0 Å². The lowest BCUT2D eigenvalue weighted by Crippen LogP contribution is -2.50. The summed E-state index contributed by atoms with van der Waals surface area (Å²) in [5.74, 6) is 0.597. The molecule has 1 saturated carbocycles. The van der Waals surface area contributed by atoms with E-state index in [0.717, 1.165) is 61.8 Å². The Hall–Kier alpha value is -2.67. The van der Waals surface area contributed by atoms with E-state index < -0.39 is 0 Å². The van der Waals surface area contributed by atoms with Crippen LogP contribution in [0.15, 0.2) is 30.3 Å². The van der Waals surface area contributed by atoms with Crippen molar-refractivity contribution >= 4 is 17.5 Å². The highest BCUT2D eigenvalue weighted by Gasteiger charge is 2.29. The van der Waals surface area contributed by atoms with E-state index in [2.05, 4.69) is 15.3 Å². The van der Waals surface area contributed by atoms with E-state index in [0.29, 0.717) is 18.9 Å². The fourth-order valence-electron chi connectivity index (χ4n) is 4.73. The minimum atomic E-state index is 0.00303. The SMILES string of the molecule is Cc1nn(-c2ccccc2)c(C)c1NC(=O)CCN1CCN(C(=O)C2CCCC2)CC1. The maximum atomic E-state index is 12.6. The lowest BCUT2D eigenvalue weighted by atomic mass is 10.1. The van der Waals surface area contributed by atoms with Crippen molar-refractivity contribution in [1.82, 2.24) is 19.6 Å². The van der Waals surface area contributed by atoms with Crippen LogP contribution in [0, 0.1) is 19.8 Å². The Kier molecular flexibility index (Phi) is 6.70. The standard InChI is InChI=1S/C24H33N5O2/c1-18-23(19(2)29(26-18)21-10-4-3-5-11-21)25-22(30)12-13-27-14-16-28(17-15-27)24(31)20-8-6-7-9-20/h3-5,10-11,20H,6-9,12-17H2,1-2H3,(H,25,30). The normalized spacial score (nSPS) is 17.8. The van der Waals surface area contributed by atoms with Crippen molar-refractivity contribution in [2.24, 2.45) is 5.92 Å². The van der Waals surface area contributed by atoms with Crippen molar-refractivity contribution in [1.29, 1.82) is 0 Å². The number of para-hydroxylation sites is 1. The van der Waals surface area contributed by atoms with E-state index in [9.17, 15) is 9.59 Å². The van der Waals surface area contributed by atoms with Crippen molar-refractivity contribution < 1.29 is 9.59 Å². The zero-order valence-electron chi connectivity index (χ0n) is 18.6. The minimum Gasteiger partial charge on any atom is -0.340 e. The van der Waals surface area contributed by atoms with Crippen molar-refractivity contribution in [3.05, 3.63) is 41.7 Å². The van der Waals surface area contributed by atoms with Crippen molar-refractivity contribution in [2.45, 2.75) is 46.0 Å². The highest BCUT2D eigenvalue weighted by molar-refractivity contribution is 5.92. The number of nitrogens with one attached hydrogen (secondary N) is 1. The molecule has 2 heterocycles. The van der Waals surface area contributed by atoms with Gasteiger partial charge in [0.25, 0.3) is 0 Å². The fraction of sp³-hybridized carbons (Fsp3) is 0.542. The van der Waals surface area contributed by atoms with Gasteiger partial charge in [-0.05, 0) is 38.8 Å². The number of carbonyl (C=O) groups is 2. The van der Waals surface area contributed by atoms with Crippen molar-refractivity contribution in [3.63, 3.8) is 0 Å². The maximum Gasteiger partial charge on any atom is 0.225 e. The predicted molar refractivity (Wildman–Crippen MR) is 121 cm³/mol. The number of hydrogen-bond acceptors (Lipinski definition) is 4. The number of carbonyl (C=O) groups excluding carboxylic acids is 2. The first-order chi connectivity index (χ1) is 15.0. The van der Waals surface area contributed by atoms with E-state index in [1.165, 1.54) is 12.8 Å². The third kappa shape index (κ3) is 4.98. The molecule has 0 atom stereocenters. The van der Waals surface area contributed by atoms with Gasteiger partial charge in [-0.3, -0.25) is 14.5 Å². The Morgan fingerprint density at radius 3 is 2.39 bits per heavy atom. The van der Waals surface area contributed by atoms with Crippen LogP contribution in [0.5, 0.6) is 0 Å².